The Labute approximate surface area is 223 Å². The maximum Gasteiger partial charge on any atom is 0.368 e. The number of amides is 2. The van der Waals surface area contributed by atoms with E-state index in [0.717, 1.165) is 6.07 Å². The van der Waals surface area contributed by atoms with Crippen molar-refractivity contribution in [1.29, 1.82) is 0 Å². The molecule has 1 aromatic carbocycles. The quantitative estimate of drug-likeness (QED) is 0.201. The second kappa shape index (κ2) is 12.8. The van der Waals surface area contributed by atoms with E-state index in [1.165, 1.54) is 36.7 Å². The van der Waals surface area contributed by atoms with Crippen LogP contribution in [0.15, 0.2) is 30.7 Å². The number of aromatic nitrogens is 2. The number of anilines is 1. The zero-order chi connectivity index (χ0) is 28.7. The van der Waals surface area contributed by atoms with Crippen molar-refractivity contribution in [3.8, 4) is 0 Å². The molecule has 0 bridgehead atoms. The van der Waals surface area contributed by atoms with Gasteiger partial charge in [0, 0.05) is 30.9 Å². The van der Waals surface area contributed by atoms with E-state index < -0.39 is 57.1 Å². The van der Waals surface area contributed by atoms with Gasteiger partial charge in [-0.15, -0.1) is 0 Å². The van der Waals surface area contributed by atoms with Crippen LogP contribution in [0.25, 0.3) is 0 Å². The van der Waals surface area contributed by atoms with Gasteiger partial charge in [-0.3, -0.25) is 29.8 Å². The Hall–Kier alpha value is -4.56. The first kappa shape index (κ1) is 29.0. The molecule has 0 saturated carbocycles. The normalized spacial score (nSPS) is 17.1. The molecule has 39 heavy (non-hydrogen) atoms. The van der Waals surface area contributed by atoms with Crippen LogP contribution in [0.4, 0.5) is 17.1 Å². The third kappa shape index (κ3) is 6.66. The number of para-hydroxylation sites is 1. The number of esters is 1. The topological polar surface area (TPSA) is 203 Å². The first-order chi connectivity index (χ1) is 18.6. The van der Waals surface area contributed by atoms with E-state index in [2.05, 4.69) is 20.6 Å². The van der Waals surface area contributed by atoms with Gasteiger partial charge in [-0.1, -0.05) is 26.3 Å². The number of H-pyrrole nitrogens is 1. The van der Waals surface area contributed by atoms with Gasteiger partial charge >= 0.3 is 17.3 Å². The molecule has 0 spiro atoms. The summed E-state index contributed by atoms with van der Waals surface area (Å²) < 4.78 is 4.84. The Morgan fingerprint density at radius 1 is 1.26 bits per heavy atom. The third-order valence-electron chi connectivity index (χ3n) is 6.81. The second-order valence-electron chi connectivity index (χ2n) is 9.25. The van der Waals surface area contributed by atoms with Crippen molar-refractivity contribution < 1.29 is 29.0 Å². The number of hydrogen-bond donors (Lipinski definition) is 3. The number of nitrogens with one attached hydrogen (secondary N) is 3. The number of benzene rings is 1. The molecule has 0 aliphatic carbocycles. The maximum atomic E-state index is 13.8. The van der Waals surface area contributed by atoms with Crippen molar-refractivity contribution in [2.75, 3.05) is 19.0 Å². The van der Waals surface area contributed by atoms with E-state index in [1.807, 2.05) is 6.92 Å². The molecular weight excluding hydrogens is 514 g/mol. The van der Waals surface area contributed by atoms with E-state index in [4.69, 9.17) is 4.74 Å². The first-order valence-electron chi connectivity index (χ1n) is 12.4. The molecule has 2 heterocycles. The Morgan fingerprint density at radius 3 is 2.59 bits per heavy atom. The molecule has 1 fully saturated rings. The number of carbonyl (C=O) groups is 3. The van der Waals surface area contributed by atoms with Crippen LogP contribution in [0.3, 0.4) is 0 Å². The lowest BCUT2D eigenvalue weighted by Gasteiger charge is -2.30. The van der Waals surface area contributed by atoms with Crippen LogP contribution < -0.4 is 10.6 Å². The summed E-state index contributed by atoms with van der Waals surface area (Å²) in [4.78, 5) is 68.9. The Balaban J connectivity index is 1.91. The van der Waals surface area contributed by atoms with Gasteiger partial charge in [0.2, 0.25) is 11.8 Å². The van der Waals surface area contributed by atoms with E-state index in [9.17, 15) is 34.6 Å². The summed E-state index contributed by atoms with van der Waals surface area (Å²) in [6, 6.07) is 0.644. The molecule has 0 unspecified atom stereocenters. The summed E-state index contributed by atoms with van der Waals surface area (Å²) >= 11 is 0. The maximum absolute atomic E-state index is 13.8. The van der Waals surface area contributed by atoms with Gasteiger partial charge in [0.15, 0.2) is 0 Å². The number of carbonyl (C=O) groups excluding carboxylic acids is 3. The van der Waals surface area contributed by atoms with Crippen LogP contribution in [0.5, 0.6) is 0 Å². The molecule has 1 aliphatic rings. The summed E-state index contributed by atoms with van der Waals surface area (Å²) in [6.07, 6.45) is 4.35. The summed E-state index contributed by atoms with van der Waals surface area (Å²) in [5.41, 5.74) is -1.20. The highest BCUT2D eigenvalue weighted by Crippen LogP contribution is 2.35. The fraction of sp³-hybridized carbons (Fsp3) is 0.500. The van der Waals surface area contributed by atoms with E-state index >= 15 is 0 Å². The molecule has 15 heteroatoms. The molecule has 3 rings (SSSR count). The molecule has 3 N–H and O–H groups in total. The number of nitro benzene ring substituents is 2. The predicted molar refractivity (Wildman–Crippen MR) is 138 cm³/mol. The zero-order valence-electron chi connectivity index (χ0n) is 21.8. The van der Waals surface area contributed by atoms with E-state index in [1.54, 1.807) is 6.92 Å². The monoisotopic (exact) mass is 545 g/mol. The van der Waals surface area contributed by atoms with Crippen LogP contribution in [-0.4, -0.2) is 74.3 Å². The van der Waals surface area contributed by atoms with Crippen LogP contribution >= 0.6 is 0 Å². The highest BCUT2D eigenvalue weighted by Gasteiger charge is 2.40. The summed E-state index contributed by atoms with van der Waals surface area (Å²) in [6.45, 7) is 3.91. The lowest BCUT2D eigenvalue weighted by molar-refractivity contribution is -0.421. The Bertz CT molecular complexity index is 1220. The van der Waals surface area contributed by atoms with Crippen molar-refractivity contribution in [3.05, 3.63) is 56.6 Å². The number of likely N-dealkylation sites (tertiary alicyclic amines) is 1. The third-order valence-corrected chi connectivity index (χ3v) is 6.81. The van der Waals surface area contributed by atoms with Gasteiger partial charge in [-0.2, -0.15) is 0 Å². The van der Waals surface area contributed by atoms with Gasteiger partial charge in [-0.25, -0.2) is 9.78 Å². The minimum Gasteiger partial charge on any atom is -0.467 e. The lowest BCUT2D eigenvalue weighted by Crippen LogP contribution is -2.55. The number of nitro groups is 2. The van der Waals surface area contributed by atoms with Crippen LogP contribution in [0.1, 0.15) is 38.8 Å². The summed E-state index contributed by atoms with van der Waals surface area (Å²) in [5, 5.41) is 28.7. The van der Waals surface area contributed by atoms with Gasteiger partial charge < -0.3 is 25.3 Å². The molecule has 2 aromatic rings. The standard InChI is InChI=1S/C24H31N7O8/c1-4-14(2)20(24(34)39-3)28-22(32)19-9-6-10-29(19)23(33)17(11-15-12-25-13-26-15)27-16-7-5-8-18(30(35)36)21(16)31(37)38/h5,7-8,12-14,17,19-20,27H,4,6,9-11H2,1-3H3,(H,25,26)(H,28,32)/t14-,17-,19-,20-/m0/s1. The minimum atomic E-state index is -1.13. The largest absolute Gasteiger partial charge is 0.467 e. The summed E-state index contributed by atoms with van der Waals surface area (Å²) in [5.74, 6) is -1.86. The Morgan fingerprint density at radius 2 is 2.00 bits per heavy atom. The van der Waals surface area contributed by atoms with Crippen molar-refractivity contribution >= 4 is 34.8 Å². The van der Waals surface area contributed by atoms with E-state index in [0.29, 0.717) is 25.0 Å². The molecule has 15 nitrogen and oxygen atoms in total. The number of rotatable bonds is 12. The number of imidazole rings is 1. The second-order valence-corrected chi connectivity index (χ2v) is 9.25. The lowest BCUT2D eigenvalue weighted by atomic mass is 9.98. The molecule has 1 saturated heterocycles. The van der Waals surface area contributed by atoms with Crippen LogP contribution in [-0.2, 0) is 25.5 Å². The summed E-state index contributed by atoms with van der Waals surface area (Å²) in [7, 11) is 1.23. The fourth-order valence-electron chi connectivity index (χ4n) is 4.54. The zero-order valence-corrected chi connectivity index (χ0v) is 21.8. The fourth-order valence-corrected chi connectivity index (χ4v) is 4.54. The molecule has 1 aliphatic heterocycles. The number of nitrogens with zero attached hydrogens (tertiary/aromatic N) is 4. The SMILES string of the molecule is CC[C@H](C)[C@H](NC(=O)[C@@H]1CCCN1C(=O)[C@H](Cc1cnc[nH]1)Nc1cccc([N+](=O)[O-])c1[N+](=O)[O-])C(=O)OC. The molecule has 210 valence electrons. The molecule has 1 aromatic heterocycles. The van der Waals surface area contributed by atoms with Gasteiger partial charge in [0.1, 0.15) is 23.8 Å². The van der Waals surface area contributed by atoms with Crippen molar-refractivity contribution in [2.24, 2.45) is 5.92 Å². The smallest absolute Gasteiger partial charge is 0.368 e. The molecular formula is C24H31N7O8. The van der Waals surface area contributed by atoms with Crippen molar-refractivity contribution in [1.82, 2.24) is 20.2 Å². The first-order valence-corrected chi connectivity index (χ1v) is 12.4. The molecule has 4 atom stereocenters. The van der Waals surface area contributed by atoms with Gasteiger partial charge in [-0.05, 0) is 24.8 Å². The van der Waals surface area contributed by atoms with E-state index in [-0.39, 0.29) is 24.6 Å². The van der Waals surface area contributed by atoms with Crippen LogP contribution in [0.2, 0.25) is 0 Å². The highest BCUT2D eigenvalue weighted by atomic mass is 16.6. The van der Waals surface area contributed by atoms with Gasteiger partial charge in [0.25, 0.3) is 0 Å². The Kier molecular flexibility index (Phi) is 9.52. The number of ether oxygens (including phenoxy) is 1. The molecule has 0 radical (unpaired) electrons. The number of methoxy groups -OCH3 is 1. The van der Waals surface area contributed by atoms with Crippen molar-refractivity contribution in [2.45, 2.75) is 57.7 Å². The average molecular weight is 546 g/mol. The molecule has 2 amide bonds. The van der Waals surface area contributed by atoms with Gasteiger partial charge in [0.05, 0.1) is 23.3 Å². The number of hydrogen-bond acceptors (Lipinski definition) is 10. The minimum absolute atomic E-state index is 0.00116. The number of aromatic amines is 1. The van der Waals surface area contributed by atoms with Crippen molar-refractivity contribution in [3.63, 3.8) is 0 Å². The average Bonchev–Trinajstić information content (AvgIpc) is 3.62. The highest BCUT2D eigenvalue weighted by molar-refractivity contribution is 5.94. The van der Waals surface area contributed by atoms with Crippen LogP contribution in [0, 0.1) is 26.1 Å². The predicted octanol–water partition coefficient (Wildman–Crippen LogP) is 1.94.